The summed E-state index contributed by atoms with van der Waals surface area (Å²) in [6.45, 7) is 3.72. The number of aryl methyl sites for hydroxylation is 1. The van der Waals surface area contributed by atoms with Gasteiger partial charge >= 0.3 is 0 Å². The van der Waals surface area contributed by atoms with Crippen LogP contribution in [0.15, 0.2) is 34.9 Å². The Morgan fingerprint density at radius 3 is 2.76 bits per heavy atom. The highest BCUT2D eigenvalue weighted by atomic mass is 19.3. The minimum Gasteiger partial charge on any atom is -0.354 e. The highest BCUT2D eigenvalue weighted by molar-refractivity contribution is 5.72. The number of aromatic nitrogens is 4. The Labute approximate surface area is 166 Å². The standard InChI is InChI=1S/C20H21F2N5O2/c1-12-5-3-4-6-14(12)20(7-8-20)19-24-18(29-26-19)15-11-16(17(21)22)27(25-15)10-9-23-13(2)28/h3-6,11,17H,7-10H2,1-2H3,(H,23,28). The van der Waals surface area contributed by atoms with Crippen LogP contribution in [0, 0.1) is 6.92 Å². The molecule has 7 nitrogen and oxygen atoms in total. The molecule has 152 valence electrons. The second kappa shape index (κ2) is 7.38. The second-order valence-electron chi connectivity index (χ2n) is 7.28. The molecule has 0 unspecified atom stereocenters. The van der Waals surface area contributed by atoms with Gasteiger partial charge in [-0.2, -0.15) is 10.1 Å². The van der Waals surface area contributed by atoms with E-state index in [9.17, 15) is 13.6 Å². The van der Waals surface area contributed by atoms with Crippen molar-refractivity contribution in [2.75, 3.05) is 6.54 Å². The van der Waals surface area contributed by atoms with Crippen LogP contribution in [0.25, 0.3) is 11.6 Å². The Balaban J connectivity index is 1.61. The van der Waals surface area contributed by atoms with Crippen LogP contribution < -0.4 is 5.32 Å². The summed E-state index contributed by atoms with van der Waals surface area (Å²) in [6.07, 6.45) is -0.896. The molecule has 1 amide bonds. The van der Waals surface area contributed by atoms with Crippen molar-refractivity contribution >= 4 is 5.91 Å². The number of rotatable bonds is 7. The van der Waals surface area contributed by atoms with E-state index in [1.807, 2.05) is 25.1 Å². The van der Waals surface area contributed by atoms with Crippen molar-refractivity contribution in [1.82, 2.24) is 25.2 Å². The molecule has 9 heteroatoms. The average molecular weight is 401 g/mol. The van der Waals surface area contributed by atoms with Crippen molar-refractivity contribution < 1.29 is 18.1 Å². The Morgan fingerprint density at radius 1 is 1.34 bits per heavy atom. The molecule has 1 aliphatic carbocycles. The molecule has 1 N–H and O–H groups in total. The van der Waals surface area contributed by atoms with E-state index >= 15 is 0 Å². The highest BCUT2D eigenvalue weighted by Crippen LogP contribution is 2.53. The molecule has 0 bridgehead atoms. The molecule has 4 rings (SSSR count). The van der Waals surface area contributed by atoms with Crippen LogP contribution in [-0.2, 0) is 16.8 Å². The summed E-state index contributed by atoms with van der Waals surface area (Å²) >= 11 is 0. The normalized spacial score (nSPS) is 14.9. The predicted octanol–water partition coefficient (Wildman–Crippen LogP) is 3.40. The van der Waals surface area contributed by atoms with Gasteiger partial charge in [0.15, 0.2) is 11.5 Å². The third-order valence-electron chi connectivity index (χ3n) is 5.22. The van der Waals surface area contributed by atoms with Crippen molar-refractivity contribution in [3.8, 4) is 11.6 Å². The topological polar surface area (TPSA) is 85.8 Å². The number of amides is 1. The maximum atomic E-state index is 13.4. The predicted molar refractivity (Wildman–Crippen MR) is 100 cm³/mol. The van der Waals surface area contributed by atoms with Crippen LogP contribution in [0.4, 0.5) is 8.78 Å². The minimum absolute atomic E-state index is 0.111. The van der Waals surface area contributed by atoms with Crippen LogP contribution in [0.1, 0.15) is 48.8 Å². The molecule has 1 saturated carbocycles. The van der Waals surface area contributed by atoms with E-state index in [4.69, 9.17) is 4.52 Å². The van der Waals surface area contributed by atoms with Crippen LogP contribution in [-0.4, -0.2) is 32.4 Å². The number of nitrogens with zero attached hydrogens (tertiary/aromatic N) is 4. The lowest BCUT2D eigenvalue weighted by Crippen LogP contribution is -2.25. The zero-order valence-electron chi connectivity index (χ0n) is 16.2. The number of halogens is 2. The SMILES string of the molecule is CC(=O)NCCn1nc(-c2nc(C3(c4ccccc4C)CC3)no2)cc1C(F)F. The third kappa shape index (κ3) is 3.64. The fourth-order valence-corrected chi connectivity index (χ4v) is 3.60. The van der Waals surface area contributed by atoms with E-state index in [1.165, 1.54) is 13.0 Å². The van der Waals surface area contributed by atoms with Gasteiger partial charge in [0.05, 0.1) is 12.0 Å². The molecule has 2 heterocycles. The van der Waals surface area contributed by atoms with Gasteiger partial charge in [0, 0.05) is 13.5 Å². The molecular weight excluding hydrogens is 380 g/mol. The maximum Gasteiger partial charge on any atom is 0.280 e. The molecular formula is C20H21F2N5O2. The fourth-order valence-electron chi connectivity index (χ4n) is 3.60. The van der Waals surface area contributed by atoms with Crippen molar-refractivity contribution in [2.24, 2.45) is 0 Å². The number of nitrogens with one attached hydrogen (secondary N) is 1. The molecule has 2 aromatic heterocycles. The molecule has 0 spiro atoms. The monoisotopic (exact) mass is 401 g/mol. The Hall–Kier alpha value is -3.10. The first-order valence-corrected chi connectivity index (χ1v) is 9.42. The summed E-state index contributed by atoms with van der Waals surface area (Å²) < 4.78 is 33.3. The zero-order chi connectivity index (χ0) is 20.6. The molecule has 1 fully saturated rings. The number of hydrogen-bond donors (Lipinski definition) is 1. The molecule has 0 saturated heterocycles. The van der Waals surface area contributed by atoms with E-state index in [0.717, 1.165) is 28.7 Å². The van der Waals surface area contributed by atoms with Crippen molar-refractivity contribution in [1.29, 1.82) is 0 Å². The van der Waals surface area contributed by atoms with Gasteiger partial charge in [-0.3, -0.25) is 9.48 Å². The van der Waals surface area contributed by atoms with Crippen molar-refractivity contribution in [3.63, 3.8) is 0 Å². The maximum absolute atomic E-state index is 13.4. The van der Waals surface area contributed by atoms with Crippen LogP contribution >= 0.6 is 0 Å². The van der Waals surface area contributed by atoms with E-state index in [-0.39, 0.29) is 41.7 Å². The number of carbonyl (C=O) groups excluding carboxylic acids is 1. The van der Waals surface area contributed by atoms with Gasteiger partial charge in [0.1, 0.15) is 5.69 Å². The van der Waals surface area contributed by atoms with Crippen LogP contribution in [0.2, 0.25) is 0 Å². The van der Waals surface area contributed by atoms with Gasteiger partial charge in [-0.05, 0) is 37.0 Å². The lowest BCUT2D eigenvalue weighted by Gasteiger charge is -2.13. The van der Waals surface area contributed by atoms with E-state index in [1.54, 1.807) is 0 Å². The van der Waals surface area contributed by atoms with E-state index in [0.29, 0.717) is 5.82 Å². The van der Waals surface area contributed by atoms with Gasteiger partial charge < -0.3 is 9.84 Å². The number of carbonyl (C=O) groups is 1. The summed E-state index contributed by atoms with van der Waals surface area (Å²) in [5.74, 6) is 0.427. The molecule has 1 aliphatic rings. The van der Waals surface area contributed by atoms with Crippen molar-refractivity contribution in [3.05, 3.63) is 53.0 Å². The molecule has 0 aliphatic heterocycles. The number of hydrogen-bond acceptors (Lipinski definition) is 5. The van der Waals surface area contributed by atoms with Gasteiger partial charge in [-0.1, -0.05) is 29.4 Å². The summed E-state index contributed by atoms with van der Waals surface area (Å²) in [7, 11) is 0. The summed E-state index contributed by atoms with van der Waals surface area (Å²) in [5, 5.41) is 10.9. The number of benzene rings is 1. The average Bonchev–Trinajstić information content (AvgIpc) is 3.13. The second-order valence-corrected chi connectivity index (χ2v) is 7.28. The Kier molecular flexibility index (Phi) is 4.89. The summed E-state index contributed by atoms with van der Waals surface area (Å²) in [4.78, 5) is 15.5. The minimum atomic E-state index is -2.71. The molecule has 29 heavy (non-hydrogen) atoms. The largest absolute Gasteiger partial charge is 0.354 e. The van der Waals surface area contributed by atoms with Gasteiger partial charge in [0.25, 0.3) is 12.3 Å². The fraction of sp³-hybridized carbons (Fsp3) is 0.400. The first kappa shape index (κ1) is 19.2. The highest BCUT2D eigenvalue weighted by Gasteiger charge is 2.50. The molecule has 0 atom stereocenters. The summed E-state index contributed by atoms with van der Waals surface area (Å²) in [5.41, 5.74) is 1.96. The van der Waals surface area contributed by atoms with Crippen molar-refractivity contribution in [2.45, 2.75) is 45.1 Å². The molecule has 3 aromatic rings. The first-order chi connectivity index (χ1) is 13.9. The van der Waals surface area contributed by atoms with Crippen LogP contribution in [0.5, 0.6) is 0 Å². The smallest absolute Gasteiger partial charge is 0.280 e. The zero-order valence-corrected chi connectivity index (χ0v) is 16.2. The van der Waals surface area contributed by atoms with Crippen LogP contribution in [0.3, 0.4) is 0 Å². The number of alkyl halides is 2. The molecule has 1 aromatic carbocycles. The Bertz CT molecular complexity index is 1040. The Morgan fingerprint density at radius 2 is 2.10 bits per heavy atom. The van der Waals surface area contributed by atoms with E-state index in [2.05, 4.69) is 26.6 Å². The van der Waals surface area contributed by atoms with E-state index < -0.39 is 6.43 Å². The van der Waals surface area contributed by atoms with Gasteiger partial charge in [-0.15, -0.1) is 0 Å². The third-order valence-corrected chi connectivity index (χ3v) is 5.22. The van der Waals surface area contributed by atoms with Gasteiger partial charge in [-0.25, -0.2) is 8.78 Å². The van der Waals surface area contributed by atoms with Gasteiger partial charge in [0.2, 0.25) is 5.91 Å². The quantitative estimate of drug-likeness (QED) is 0.656. The summed E-state index contributed by atoms with van der Waals surface area (Å²) in [6, 6.07) is 9.32. The lowest BCUT2D eigenvalue weighted by molar-refractivity contribution is -0.118. The first-order valence-electron chi connectivity index (χ1n) is 9.42. The lowest BCUT2D eigenvalue weighted by atomic mass is 9.91. The molecule has 0 radical (unpaired) electrons.